The molecule has 0 bridgehead atoms. The van der Waals surface area contributed by atoms with Crippen LogP contribution in [-0.4, -0.2) is 66.1 Å². The van der Waals surface area contributed by atoms with Gasteiger partial charge < -0.3 is 28.8 Å². The number of fused-ring (bicyclic) bond motifs is 1. The van der Waals surface area contributed by atoms with Crippen LogP contribution in [0.5, 0.6) is 5.75 Å². The van der Waals surface area contributed by atoms with Crippen LogP contribution in [0, 0.1) is 0 Å². The number of thioether (sulfide) groups is 1. The quantitative estimate of drug-likeness (QED) is 0.406. The minimum atomic E-state index is -1.13. The normalized spacial score (nSPS) is 17.8. The summed E-state index contributed by atoms with van der Waals surface area (Å²) in [5, 5.41) is 15.1. The number of hydrazone groups is 1. The van der Waals surface area contributed by atoms with E-state index in [2.05, 4.69) is 10.5 Å². The van der Waals surface area contributed by atoms with E-state index in [-0.39, 0.29) is 22.6 Å². The van der Waals surface area contributed by atoms with Gasteiger partial charge in [-0.25, -0.2) is 9.59 Å². The third-order valence-corrected chi connectivity index (χ3v) is 5.37. The first-order valence-corrected chi connectivity index (χ1v) is 9.88. The first-order valence-electron chi connectivity index (χ1n) is 9.00. The lowest BCUT2D eigenvalue weighted by molar-refractivity contribution is -0.0345. The van der Waals surface area contributed by atoms with Crippen molar-refractivity contribution in [2.24, 2.45) is 5.10 Å². The van der Waals surface area contributed by atoms with E-state index in [1.807, 2.05) is 18.0 Å². The van der Waals surface area contributed by atoms with Crippen LogP contribution in [0.15, 0.2) is 23.3 Å². The molecule has 0 spiro atoms. The van der Waals surface area contributed by atoms with E-state index in [9.17, 15) is 14.6 Å². The number of amidine groups is 1. The van der Waals surface area contributed by atoms with Crippen molar-refractivity contribution in [3.05, 3.63) is 29.3 Å². The van der Waals surface area contributed by atoms with Crippen molar-refractivity contribution in [3.8, 4) is 5.75 Å². The molecular formula is C17H22BN3O7S. The molecule has 1 aromatic carbocycles. The van der Waals surface area contributed by atoms with Gasteiger partial charge in [0.1, 0.15) is 18.0 Å². The second-order valence-corrected chi connectivity index (χ2v) is 7.89. The van der Waals surface area contributed by atoms with Crippen molar-refractivity contribution >= 4 is 36.2 Å². The lowest BCUT2D eigenvalue weighted by atomic mass is 9.77. The van der Waals surface area contributed by atoms with E-state index in [1.54, 1.807) is 19.9 Å². The number of esters is 1. The molecule has 3 rings (SSSR count). The summed E-state index contributed by atoms with van der Waals surface area (Å²) >= 11 is 1.39. The molecule has 29 heavy (non-hydrogen) atoms. The van der Waals surface area contributed by atoms with E-state index in [0.717, 1.165) is 10.7 Å². The SMILES string of the molecule is CC(C)OC(=O)OCOC(=O)c1cccc2c1OB(O)C(SC1=NNCN1C)C2. The van der Waals surface area contributed by atoms with E-state index >= 15 is 0 Å². The molecule has 2 N–H and O–H groups in total. The molecule has 1 unspecified atom stereocenters. The minimum Gasteiger partial charge on any atom is -0.535 e. The first kappa shape index (κ1) is 21.1. The number of nitrogens with zero attached hydrogens (tertiary/aromatic N) is 2. The van der Waals surface area contributed by atoms with E-state index in [4.69, 9.17) is 18.9 Å². The maximum Gasteiger partial charge on any atom is 0.537 e. The van der Waals surface area contributed by atoms with Crippen molar-refractivity contribution in [2.45, 2.75) is 31.5 Å². The van der Waals surface area contributed by atoms with Gasteiger partial charge in [0.15, 0.2) is 5.17 Å². The molecule has 0 amide bonds. The summed E-state index contributed by atoms with van der Waals surface area (Å²) < 4.78 is 20.1. The van der Waals surface area contributed by atoms with Gasteiger partial charge in [0.25, 0.3) is 0 Å². The van der Waals surface area contributed by atoms with Gasteiger partial charge in [-0.15, -0.1) is 0 Å². The third kappa shape index (κ3) is 5.27. The Morgan fingerprint density at radius 2 is 2.24 bits per heavy atom. The van der Waals surface area contributed by atoms with Gasteiger partial charge in [-0.3, -0.25) is 5.43 Å². The topological polar surface area (TPSA) is 119 Å². The summed E-state index contributed by atoms with van der Waals surface area (Å²) in [7, 11) is 0.763. The Kier molecular flexibility index (Phi) is 6.75. The standard InChI is InChI=1S/C17H22BN3O7S/c1-10(2)27-17(23)26-9-25-15(22)12-6-4-5-11-7-13(18(24)28-14(11)12)29-16-20-19-8-21(16)3/h4-6,10,13,19,24H,7-9H2,1-3H3. The van der Waals surface area contributed by atoms with Gasteiger partial charge in [-0.2, -0.15) is 5.10 Å². The highest BCUT2D eigenvalue weighted by Gasteiger charge is 2.39. The van der Waals surface area contributed by atoms with Crippen LogP contribution in [0.4, 0.5) is 4.79 Å². The zero-order valence-electron chi connectivity index (χ0n) is 16.3. The Labute approximate surface area is 172 Å². The Morgan fingerprint density at radius 3 is 2.93 bits per heavy atom. The third-order valence-electron chi connectivity index (χ3n) is 4.06. The number of carbonyl (C=O) groups is 2. The molecule has 2 aliphatic heterocycles. The highest BCUT2D eigenvalue weighted by atomic mass is 32.2. The average Bonchev–Trinajstić information content (AvgIpc) is 3.06. The highest BCUT2D eigenvalue weighted by Crippen LogP contribution is 2.35. The predicted molar refractivity (Wildman–Crippen MR) is 106 cm³/mol. The largest absolute Gasteiger partial charge is 0.537 e. The van der Waals surface area contributed by atoms with Gasteiger partial charge in [0, 0.05) is 7.05 Å². The molecule has 1 aromatic rings. The van der Waals surface area contributed by atoms with Crippen LogP contribution < -0.4 is 10.1 Å². The fraction of sp³-hybridized carbons (Fsp3) is 0.471. The summed E-state index contributed by atoms with van der Waals surface area (Å²) in [6.45, 7) is 3.36. The second kappa shape index (κ2) is 9.27. The van der Waals surface area contributed by atoms with Gasteiger partial charge >= 0.3 is 19.2 Å². The zero-order valence-corrected chi connectivity index (χ0v) is 17.1. The Bertz CT molecular complexity index is 807. The van der Waals surface area contributed by atoms with Gasteiger partial charge in [-0.05, 0) is 31.9 Å². The fourth-order valence-corrected chi connectivity index (χ4v) is 3.78. The van der Waals surface area contributed by atoms with E-state index in [1.165, 1.54) is 17.8 Å². The predicted octanol–water partition coefficient (Wildman–Crippen LogP) is 1.18. The molecule has 2 heterocycles. The fourth-order valence-electron chi connectivity index (χ4n) is 2.71. The number of para-hydroxylation sites is 1. The smallest absolute Gasteiger partial charge is 0.535 e. The molecule has 156 valence electrons. The maximum absolute atomic E-state index is 12.4. The molecule has 12 heteroatoms. The van der Waals surface area contributed by atoms with E-state index in [0.29, 0.717) is 13.1 Å². The zero-order chi connectivity index (χ0) is 21.0. The summed E-state index contributed by atoms with van der Waals surface area (Å²) in [6, 6.07) is 5.04. The summed E-state index contributed by atoms with van der Waals surface area (Å²) in [6.07, 6.45) is -0.790. The highest BCUT2D eigenvalue weighted by molar-refractivity contribution is 8.15. The number of benzene rings is 1. The summed E-state index contributed by atoms with van der Waals surface area (Å²) in [4.78, 5) is 25.6. The minimum absolute atomic E-state index is 0.141. The summed E-state index contributed by atoms with van der Waals surface area (Å²) in [5.74, 6) is -0.479. The van der Waals surface area contributed by atoms with Gasteiger partial charge in [0.05, 0.1) is 11.3 Å². The van der Waals surface area contributed by atoms with Crippen LogP contribution in [0.25, 0.3) is 0 Å². The number of rotatable bonds is 5. The molecule has 2 aliphatic rings. The number of hydrogen-bond acceptors (Lipinski definition) is 11. The van der Waals surface area contributed by atoms with Crippen molar-refractivity contribution in [1.29, 1.82) is 0 Å². The molecular weight excluding hydrogens is 401 g/mol. The average molecular weight is 423 g/mol. The Balaban J connectivity index is 1.63. The van der Waals surface area contributed by atoms with Crippen molar-refractivity contribution in [3.63, 3.8) is 0 Å². The molecule has 0 fully saturated rings. The van der Waals surface area contributed by atoms with Crippen LogP contribution in [0.3, 0.4) is 0 Å². The van der Waals surface area contributed by atoms with Crippen LogP contribution in [-0.2, 0) is 20.6 Å². The summed E-state index contributed by atoms with van der Waals surface area (Å²) in [5.41, 5.74) is 3.77. The monoisotopic (exact) mass is 423 g/mol. The lowest BCUT2D eigenvalue weighted by Crippen LogP contribution is -2.42. The second-order valence-electron chi connectivity index (χ2n) is 6.68. The molecule has 0 aromatic heterocycles. The number of hydrogen-bond donors (Lipinski definition) is 2. The number of nitrogens with one attached hydrogen (secondary N) is 1. The molecule has 0 saturated heterocycles. The van der Waals surface area contributed by atoms with Crippen molar-refractivity contribution < 1.29 is 33.5 Å². The van der Waals surface area contributed by atoms with Crippen LogP contribution >= 0.6 is 11.8 Å². The molecule has 10 nitrogen and oxygen atoms in total. The molecule has 0 saturated carbocycles. The molecule has 1 atom stereocenters. The van der Waals surface area contributed by atoms with Crippen LogP contribution in [0.1, 0.15) is 29.8 Å². The van der Waals surface area contributed by atoms with Crippen LogP contribution in [0.2, 0.25) is 0 Å². The van der Waals surface area contributed by atoms with E-state index < -0.39 is 26.0 Å². The number of carbonyl (C=O) groups excluding carboxylic acids is 2. The first-order chi connectivity index (χ1) is 13.8. The molecule has 0 radical (unpaired) electrons. The van der Waals surface area contributed by atoms with Gasteiger partial charge in [-0.1, -0.05) is 23.9 Å². The maximum atomic E-state index is 12.4. The Morgan fingerprint density at radius 1 is 1.45 bits per heavy atom. The molecule has 0 aliphatic carbocycles. The number of ether oxygens (including phenoxy) is 3. The van der Waals surface area contributed by atoms with Crippen molar-refractivity contribution in [2.75, 3.05) is 20.5 Å². The van der Waals surface area contributed by atoms with Crippen molar-refractivity contribution in [1.82, 2.24) is 10.3 Å². The van der Waals surface area contributed by atoms with Gasteiger partial charge in [0.2, 0.25) is 6.79 Å². The Hall–Kier alpha value is -2.60. The lowest BCUT2D eigenvalue weighted by Gasteiger charge is -2.28.